The quantitative estimate of drug-likeness (QED) is 0.884. The summed E-state index contributed by atoms with van der Waals surface area (Å²) in [7, 11) is 0. The lowest BCUT2D eigenvalue weighted by atomic mass is 10.2. The van der Waals surface area contributed by atoms with Crippen LogP contribution in [-0.2, 0) is 0 Å². The zero-order valence-corrected chi connectivity index (χ0v) is 10.5. The predicted molar refractivity (Wildman–Crippen MR) is 65.0 cm³/mol. The maximum absolute atomic E-state index is 12.2. The number of hydrogen-bond donors (Lipinski definition) is 2. The van der Waals surface area contributed by atoms with E-state index in [1.165, 1.54) is 18.2 Å². The minimum Gasteiger partial charge on any atom is -0.404 e. The Balaban J connectivity index is 2.75. The highest BCUT2D eigenvalue weighted by atomic mass is 19.4. The highest BCUT2D eigenvalue weighted by molar-refractivity contribution is 5.91. The van der Waals surface area contributed by atoms with Crippen LogP contribution in [0.3, 0.4) is 0 Å². The predicted octanol–water partition coefficient (Wildman–Crippen LogP) is 3.51. The summed E-state index contributed by atoms with van der Waals surface area (Å²) in [5.74, 6) is -0.450. The summed E-state index contributed by atoms with van der Waals surface area (Å²) in [4.78, 5) is 11.5. The maximum atomic E-state index is 12.2. The van der Waals surface area contributed by atoms with E-state index in [1.54, 1.807) is 6.92 Å². The molecule has 0 spiro atoms. The van der Waals surface area contributed by atoms with Crippen LogP contribution in [0, 0.1) is 0 Å². The molecule has 19 heavy (non-hydrogen) atoms. The molecule has 2 N–H and O–H groups in total. The van der Waals surface area contributed by atoms with Crippen molar-refractivity contribution in [3.63, 3.8) is 0 Å². The molecule has 0 bridgehead atoms. The standard InChI is InChI=1S/C12H15F3N2O2/c1-3-8(2)16-11(18)17-9-6-4-5-7-10(9)19-12(13,14)15/h4-8H,3H2,1-2H3,(H2,16,17,18). The summed E-state index contributed by atoms with van der Waals surface area (Å²) < 4.78 is 40.3. The monoisotopic (exact) mass is 276 g/mol. The number of rotatable bonds is 4. The fourth-order valence-electron chi connectivity index (χ4n) is 1.27. The van der Waals surface area contributed by atoms with E-state index >= 15 is 0 Å². The van der Waals surface area contributed by atoms with Crippen molar-refractivity contribution in [2.24, 2.45) is 0 Å². The molecule has 1 rings (SSSR count). The Kier molecular flexibility index (Phi) is 5.02. The molecule has 0 fully saturated rings. The first kappa shape index (κ1) is 15.1. The molecule has 0 aromatic heterocycles. The molecular formula is C12H15F3N2O2. The smallest absolute Gasteiger partial charge is 0.404 e. The molecule has 1 aromatic rings. The second kappa shape index (κ2) is 6.31. The van der Waals surface area contributed by atoms with Gasteiger partial charge in [-0.3, -0.25) is 0 Å². The molecule has 0 aliphatic heterocycles. The lowest BCUT2D eigenvalue weighted by molar-refractivity contribution is -0.274. The Morgan fingerprint density at radius 3 is 2.58 bits per heavy atom. The van der Waals surface area contributed by atoms with Gasteiger partial charge in [-0.05, 0) is 25.5 Å². The summed E-state index contributed by atoms with van der Waals surface area (Å²) in [6.45, 7) is 3.67. The van der Waals surface area contributed by atoms with E-state index in [0.717, 1.165) is 6.07 Å². The second-order valence-electron chi connectivity index (χ2n) is 3.95. The van der Waals surface area contributed by atoms with Crippen LogP contribution in [0.1, 0.15) is 20.3 Å². The van der Waals surface area contributed by atoms with Gasteiger partial charge in [-0.2, -0.15) is 0 Å². The Bertz CT molecular complexity index is 435. The van der Waals surface area contributed by atoms with E-state index in [-0.39, 0.29) is 11.7 Å². The Morgan fingerprint density at radius 1 is 1.37 bits per heavy atom. The second-order valence-corrected chi connectivity index (χ2v) is 3.95. The van der Waals surface area contributed by atoms with E-state index < -0.39 is 18.1 Å². The van der Waals surface area contributed by atoms with Crippen LogP contribution < -0.4 is 15.4 Å². The number of carbonyl (C=O) groups excluding carboxylic acids is 1. The van der Waals surface area contributed by atoms with Gasteiger partial charge in [0.05, 0.1) is 5.69 Å². The van der Waals surface area contributed by atoms with E-state index in [2.05, 4.69) is 15.4 Å². The van der Waals surface area contributed by atoms with Gasteiger partial charge in [0.15, 0.2) is 5.75 Å². The average Bonchev–Trinajstić information content (AvgIpc) is 2.29. The molecule has 7 heteroatoms. The van der Waals surface area contributed by atoms with Crippen LogP contribution in [0.5, 0.6) is 5.75 Å². The van der Waals surface area contributed by atoms with Crippen molar-refractivity contribution in [3.05, 3.63) is 24.3 Å². The van der Waals surface area contributed by atoms with Crippen molar-refractivity contribution in [3.8, 4) is 5.75 Å². The van der Waals surface area contributed by atoms with Gasteiger partial charge in [0.1, 0.15) is 0 Å². The van der Waals surface area contributed by atoms with Gasteiger partial charge >= 0.3 is 12.4 Å². The molecular weight excluding hydrogens is 261 g/mol. The van der Waals surface area contributed by atoms with Gasteiger partial charge in [-0.25, -0.2) is 4.79 Å². The molecule has 4 nitrogen and oxygen atoms in total. The summed E-state index contributed by atoms with van der Waals surface area (Å²) in [6, 6.07) is 4.70. The van der Waals surface area contributed by atoms with E-state index in [4.69, 9.17) is 0 Å². The Hall–Kier alpha value is -1.92. The fraction of sp³-hybridized carbons (Fsp3) is 0.417. The third-order valence-electron chi connectivity index (χ3n) is 2.35. The molecule has 0 heterocycles. The molecule has 2 amide bonds. The van der Waals surface area contributed by atoms with Gasteiger partial charge in [-0.1, -0.05) is 19.1 Å². The molecule has 1 aromatic carbocycles. The zero-order chi connectivity index (χ0) is 14.5. The SMILES string of the molecule is CCC(C)NC(=O)Nc1ccccc1OC(F)(F)F. The van der Waals surface area contributed by atoms with Crippen molar-refractivity contribution in [1.82, 2.24) is 5.32 Å². The van der Waals surface area contributed by atoms with Gasteiger partial charge in [-0.15, -0.1) is 13.2 Å². The maximum Gasteiger partial charge on any atom is 0.573 e. The van der Waals surface area contributed by atoms with E-state index in [9.17, 15) is 18.0 Å². The zero-order valence-electron chi connectivity index (χ0n) is 10.5. The number of urea groups is 1. The largest absolute Gasteiger partial charge is 0.573 e. The molecule has 0 saturated heterocycles. The highest BCUT2D eigenvalue weighted by Crippen LogP contribution is 2.29. The normalized spacial score (nSPS) is 12.7. The van der Waals surface area contributed by atoms with Crippen LogP contribution in [0.25, 0.3) is 0 Å². The van der Waals surface area contributed by atoms with Crippen molar-refractivity contribution in [2.75, 3.05) is 5.32 Å². The number of hydrogen-bond acceptors (Lipinski definition) is 2. The number of halogens is 3. The lowest BCUT2D eigenvalue weighted by Gasteiger charge is -2.16. The fourth-order valence-corrected chi connectivity index (χ4v) is 1.27. The number of amides is 2. The average molecular weight is 276 g/mol. The van der Waals surface area contributed by atoms with Crippen LogP contribution in [0.4, 0.5) is 23.7 Å². The Morgan fingerprint density at radius 2 is 2.00 bits per heavy atom. The van der Waals surface area contributed by atoms with Crippen LogP contribution in [-0.4, -0.2) is 18.4 Å². The third kappa shape index (κ3) is 5.50. The summed E-state index contributed by atoms with van der Waals surface area (Å²) in [6.07, 6.45) is -4.08. The molecule has 106 valence electrons. The van der Waals surface area contributed by atoms with E-state index in [0.29, 0.717) is 6.42 Å². The Labute approximate surface area is 108 Å². The topological polar surface area (TPSA) is 50.4 Å². The first-order chi connectivity index (χ1) is 8.81. The first-order valence-electron chi connectivity index (χ1n) is 5.74. The van der Waals surface area contributed by atoms with Gasteiger partial charge in [0.25, 0.3) is 0 Å². The molecule has 1 atom stereocenters. The third-order valence-corrected chi connectivity index (χ3v) is 2.35. The summed E-state index contributed by atoms with van der Waals surface area (Å²) in [5.41, 5.74) is -0.0411. The molecule has 0 radical (unpaired) electrons. The molecule has 0 aliphatic rings. The minimum absolute atomic E-state index is 0.0411. The van der Waals surface area contributed by atoms with Crippen molar-refractivity contribution < 1.29 is 22.7 Å². The van der Waals surface area contributed by atoms with E-state index in [1.807, 2.05) is 6.92 Å². The van der Waals surface area contributed by atoms with Gasteiger partial charge < -0.3 is 15.4 Å². The minimum atomic E-state index is -4.80. The summed E-state index contributed by atoms with van der Waals surface area (Å²) in [5, 5.41) is 4.90. The number of para-hydroxylation sites is 2. The van der Waals surface area contributed by atoms with Crippen molar-refractivity contribution in [2.45, 2.75) is 32.7 Å². The van der Waals surface area contributed by atoms with Gasteiger partial charge in [0, 0.05) is 6.04 Å². The van der Waals surface area contributed by atoms with Crippen LogP contribution in [0.15, 0.2) is 24.3 Å². The van der Waals surface area contributed by atoms with Crippen LogP contribution >= 0.6 is 0 Å². The number of benzene rings is 1. The number of alkyl halides is 3. The van der Waals surface area contributed by atoms with Crippen molar-refractivity contribution >= 4 is 11.7 Å². The number of nitrogens with one attached hydrogen (secondary N) is 2. The number of carbonyl (C=O) groups is 1. The number of anilines is 1. The van der Waals surface area contributed by atoms with Gasteiger partial charge in [0.2, 0.25) is 0 Å². The highest BCUT2D eigenvalue weighted by Gasteiger charge is 2.32. The van der Waals surface area contributed by atoms with Crippen LogP contribution in [0.2, 0.25) is 0 Å². The molecule has 0 aliphatic carbocycles. The number of ether oxygens (including phenoxy) is 1. The first-order valence-corrected chi connectivity index (χ1v) is 5.74. The van der Waals surface area contributed by atoms with Crippen molar-refractivity contribution in [1.29, 1.82) is 0 Å². The summed E-state index contributed by atoms with van der Waals surface area (Å²) >= 11 is 0. The molecule has 0 saturated carbocycles. The molecule has 1 unspecified atom stereocenters. The lowest BCUT2D eigenvalue weighted by Crippen LogP contribution is -2.35.